The Kier molecular flexibility index (Phi) is 6.05. The van der Waals surface area contributed by atoms with E-state index in [4.69, 9.17) is 5.11 Å². The number of carboxylic acid groups (broad SMARTS) is 1. The second-order valence-electron chi connectivity index (χ2n) is 5.87. The molecule has 0 spiro atoms. The number of nitrogens with one attached hydrogen (secondary N) is 1. The number of aliphatic carboxylic acids is 1. The van der Waals surface area contributed by atoms with Crippen LogP contribution in [0.15, 0.2) is 30.3 Å². The Morgan fingerprint density at radius 3 is 2.50 bits per heavy atom. The molecule has 1 heterocycles. The van der Waals surface area contributed by atoms with E-state index in [-0.39, 0.29) is 24.9 Å². The van der Waals surface area contributed by atoms with E-state index in [1.54, 1.807) is 7.05 Å². The van der Waals surface area contributed by atoms with Gasteiger partial charge in [-0.05, 0) is 13.0 Å². The van der Waals surface area contributed by atoms with Crippen molar-refractivity contribution in [1.82, 2.24) is 9.88 Å². The lowest BCUT2D eigenvalue weighted by molar-refractivity contribution is -0.138. The fourth-order valence-electron chi connectivity index (χ4n) is 2.27. The number of benzene rings is 1. The normalized spacial score (nSPS) is 11.0. The average Bonchev–Trinajstić information content (AvgIpc) is 2.91. The zero-order chi connectivity index (χ0) is 17.7. The zero-order valence-electron chi connectivity index (χ0n) is 13.9. The van der Waals surface area contributed by atoms with Gasteiger partial charge in [0.05, 0.1) is 18.8 Å². The SMILES string of the molecule is CC(C)c1sc(NC(=O)CN(C)CC(=O)O)nc1-c1ccccc1. The molecule has 0 bridgehead atoms. The maximum atomic E-state index is 12.1. The van der Waals surface area contributed by atoms with Crippen LogP contribution in [0.1, 0.15) is 24.6 Å². The number of anilines is 1. The van der Waals surface area contributed by atoms with Crippen molar-refractivity contribution in [1.29, 1.82) is 0 Å². The van der Waals surface area contributed by atoms with Gasteiger partial charge in [0.1, 0.15) is 0 Å². The van der Waals surface area contributed by atoms with Crippen molar-refractivity contribution in [3.63, 3.8) is 0 Å². The molecule has 1 amide bonds. The first-order chi connectivity index (χ1) is 11.4. The van der Waals surface area contributed by atoms with Crippen LogP contribution in [0.3, 0.4) is 0 Å². The van der Waals surface area contributed by atoms with Crippen LogP contribution < -0.4 is 5.32 Å². The molecule has 2 rings (SSSR count). The third-order valence-corrected chi connectivity index (χ3v) is 4.56. The summed E-state index contributed by atoms with van der Waals surface area (Å²) >= 11 is 1.45. The zero-order valence-corrected chi connectivity index (χ0v) is 14.8. The molecule has 7 heteroatoms. The number of likely N-dealkylation sites (N-methyl/N-ethyl adjacent to an activating group) is 1. The second kappa shape index (κ2) is 8.03. The number of thiazole rings is 1. The van der Waals surface area contributed by atoms with E-state index in [0.29, 0.717) is 5.13 Å². The van der Waals surface area contributed by atoms with E-state index in [9.17, 15) is 9.59 Å². The molecule has 0 aliphatic rings. The van der Waals surface area contributed by atoms with Crippen LogP contribution in [0.2, 0.25) is 0 Å². The van der Waals surface area contributed by atoms with Gasteiger partial charge in [0.15, 0.2) is 5.13 Å². The number of nitrogens with zero attached hydrogens (tertiary/aromatic N) is 2. The number of hydrogen-bond acceptors (Lipinski definition) is 5. The monoisotopic (exact) mass is 347 g/mol. The molecule has 0 unspecified atom stereocenters. The third kappa shape index (κ3) is 4.87. The van der Waals surface area contributed by atoms with Crippen LogP contribution >= 0.6 is 11.3 Å². The van der Waals surface area contributed by atoms with Crippen molar-refractivity contribution in [2.45, 2.75) is 19.8 Å². The van der Waals surface area contributed by atoms with E-state index < -0.39 is 5.97 Å². The molecule has 0 saturated heterocycles. The first-order valence-corrected chi connectivity index (χ1v) is 8.44. The largest absolute Gasteiger partial charge is 0.480 e. The molecule has 1 aromatic carbocycles. The molecule has 24 heavy (non-hydrogen) atoms. The van der Waals surface area contributed by atoms with Crippen molar-refractivity contribution in [3.8, 4) is 11.3 Å². The molecule has 2 aromatic rings. The molecular weight excluding hydrogens is 326 g/mol. The molecular formula is C17H21N3O3S. The van der Waals surface area contributed by atoms with E-state index in [1.807, 2.05) is 30.3 Å². The van der Waals surface area contributed by atoms with E-state index in [0.717, 1.165) is 16.1 Å². The summed E-state index contributed by atoms with van der Waals surface area (Å²) in [6.45, 7) is 4.00. The van der Waals surface area contributed by atoms with Crippen LogP contribution in [0.4, 0.5) is 5.13 Å². The van der Waals surface area contributed by atoms with Gasteiger partial charge < -0.3 is 10.4 Å². The van der Waals surface area contributed by atoms with Crippen molar-refractivity contribution in [2.75, 3.05) is 25.5 Å². The summed E-state index contributed by atoms with van der Waals surface area (Å²) in [4.78, 5) is 29.8. The standard InChI is InChI=1S/C17H21N3O3S/c1-11(2)16-15(12-7-5-4-6-8-12)19-17(24-16)18-13(21)9-20(3)10-14(22)23/h4-8,11H,9-10H2,1-3H3,(H,22,23)(H,18,19,21). The smallest absolute Gasteiger partial charge is 0.317 e. The highest BCUT2D eigenvalue weighted by Crippen LogP contribution is 2.36. The number of aromatic nitrogens is 1. The van der Waals surface area contributed by atoms with Crippen molar-refractivity contribution >= 4 is 28.3 Å². The minimum Gasteiger partial charge on any atom is -0.480 e. The maximum Gasteiger partial charge on any atom is 0.317 e. The minimum atomic E-state index is -0.965. The topological polar surface area (TPSA) is 82.5 Å². The molecule has 0 atom stereocenters. The van der Waals surface area contributed by atoms with Crippen LogP contribution in [-0.2, 0) is 9.59 Å². The van der Waals surface area contributed by atoms with Crippen molar-refractivity contribution < 1.29 is 14.7 Å². The summed E-state index contributed by atoms with van der Waals surface area (Å²) in [7, 11) is 1.59. The molecule has 0 fully saturated rings. The van der Waals surface area contributed by atoms with Crippen LogP contribution in [0.25, 0.3) is 11.3 Å². The molecule has 0 aliphatic carbocycles. The quantitative estimate of drug-likeness (QED) is 0.805. The van der Waals surface area contributed by atoms with Gasteiger partial charge in [-0.2, -0.15) is 0 Å². The van der Waals surface area contributed by atoms with Gasteiger partial charge in [-0.15, -0.1) is 11.3 Å². The molecule has 2 N–H and O–H groups in total. The van der Waals surface area contributed by atoms with Crippen molar-refractivity contribution in [3.05, 3.63) is 35.2 Å². The number of carboxylic acids is 1. The number of rotatable bonds is 7. The van der Waals surface area contributed by atoms with Gasteiger partial charge >= 0.3 is 5.97 Å². The van der Waals surface area contributed by atoms with Gasteiger partial charge in [0, 0.05) is 10.4 Å². The highest BCUT2D eigenvalue weighted by Gasteiger charge is 2.18. The van der Waals surface area contributed by atoms with Gasteiger partial charge in [-0.3, -0.25) is 14.5 Å². The number of carbonyl (C=O) groups excluding carboxylic acids is 1. The highest BCUT2D eigenvalue weighted by molar-refractivity contribution is 7.16. The number of carbonyl (C=O) groups is 2. The Labute approximate surface area is 145 Å². The summed E-state index contributed by atoms with van der Waals surface area (Å²) in [5, 5.41) is 12.0. The fourth-order valence-corrected chi connectivity index (χ4v) is 3.28. The lowest BCUT2D eigenvalue weighted by Gasteiger charge is -2.12. The predicted octanol–water partition coefficient (Wildman–Crippen LogP) is 2.89. The molecule has 128 valence electrons. The predicted molar refractivity (Wildman–Crippen MR) is 95.4 cm³/mol. The Hall–Kier alpha value is -2.25. The second-order valence-corrected chi connectivity index (χ2v) is 6.90. The Morgan fingerprint density at radius 1 is 1.25 bits per heavy atom. The van der Waals surface area contributed by atoms with Crippen LogP contribution in [0, 0.1) is 0 Å². The number of hydrogen-bond donors (Lipinski definition) is 2. The van der Waals surface area contributed by atoms with Gasteiger partial charge in [0.2, 0.25) is 5.91 Å². The highest BCUT2D eigenvalue weighted by atomic mass is 32.1. The van der Waals surface area contributed by atoms with Crippen LogP contribution in [0.5, 0.6) is 0 Å². The maximum absolute atomic E-state index is 12.1. The molecule has 0 radical (unpaired) electrons. The number of amides is 1. The van der Waals surface area contributed by atoms with E-state index >= 15 is 0 Å². The van der Waals surface area contributed by atoms with Gasteiger partial charge in [0.25, 0.3) is 0 Å². The van der Waals surface area contributed by atoms with E-state index in [1.165, 1.54) is 16.2 Å². The Bertz CT molecular complexity index is 713. The minimum absolute atomic E-state index is 0.00353. The Morgan fingerprint density at radius 2 is 1.92 bits per heavy atom. The van der Waals surface area contributed by atoms with E-state index in [2.05, 4.69) is 24.1 Å². The summed E-state index contributed by atoms with van der Waals surface area (Å²) < 4.78 is 0. The molecule has 6 nitrogen and oxygen atoms in total. The van der Waals surface area contributed by atoms with Gasteiger partial charge in [-0.25, -0.2) is 4.98 Å². The summed E-state index contributed by atoms with van der Waals surface area (Å²) in [5.41, 5.74) is 1.89. The third-order valence-electron chi connectivity index (χ3n) is 3.29. The molecule has 0 saturated carbocycles. The summed E-state index contributed by atoms with van der Waals surface area (Å²) in [5.74, 6) is -0.950. The molecule has 0 aliphatic heterocycles. The first kappa shape index (κ1) is 18.1. The average molecular weight is 347 g/mol. The summed E-state index contributed by atoms with van der Waals surface area (Å²) in [6, 6.07) is 9.85. The Balaban J connectivity index is 2.14. The molecule has 1 aromatic heterocycles. The summed E-state index contributed by atoms with van der Waals surface area (Å²) in [6.07, 6.45) is 0. The fraction of sp³-hybridized carbons (Fsp3) is 0.353. The van der Waals surface area contributed by atoms with Crippen molar-refractivity contribution in [2.24, 2.45) is 0 Å². The first-order valence-electron chi connectivity index (χ1n) is 7.63. The lowest BCUT2D eigenvalue weighted by Crippen LogP contribution is -2.33. The van der Waals surface area contributed by atoms with Gasteiger partial charge in [-0.1, -0.05) is 44.2 Å². The lowest BCUT2D eigenvalue weighted by atomic mass is 10.1. The van der Waals surface area contributed by atoms with Crippen LogP contribution in [-0.4, -0.2) is 47.0 Å².